The zero-order valence-corrected chi connectivity index (χ0v) is 12.8. The molecule has 1 aromatic heterocycles. The van der Waals surface area contributed by atoms with Gasteiger partial charge in [0.25, 0.3) is 0 Å². The van der Waals surface area contributed by atoms with Gasteiger partial charge in [-0.3, -0.25) is 0 Å². The second-order valence-electron chi connectivity index (χ2n) is 4.98. The molecule has 3 rings (SSSR count). The third kappa shape index (κ3) is 2.19. The van der Waals surface area contributed by atoms with Gasteiger partial charge in [0.2, 0.25) is 0 Å². The lowest BCUT2D eigenvalue weighted by atomic mass is 9.89. The van der Waals surface area contributed by atoms with Gasteiger partial charge in [-0.15, -0.1) is 11.3 Å². The Labute approximate surface area is 123 Å². The maximum Gasteiger partial charge on any atom is 0.161 e. The predicted octanol–water partition coefficient (Wildman–Crippen LogP) is 3.31. The third-order valence-electron chi connectivity index (χ3n) is 3.91. The minimum atomic E-state index is 0.254. The molecule has 1 aliphatic heterocycles. The summed E-state index contributed by atoms with van der Waals surface area (Å²) in [7, 11) is 3.37. The molecule has 0 spiro atoms. The van der Waals surface area contributed by atoms with Crippen LogP contribution in [0.1, 0.15) is 27.6 Å². The van der Waals surface area contributed by atoms with Gasteiger partial charge in [-0.05, 0) is 53.6 Å². The Morgan fingerprint density at radius 2 is 1.90 bits per heavy atom. The lowest BCUT2D eigenvalue weighted by Gasteiger charge is -2.28. The van der Waals surface area contributed by atoms with Gasteiger partial charge < -0.3 is 14.8 Å². The molecule has 0 saturated heterocycles. The van der Waals surface area contributed by atoms with E-state index in [1.807, 2.05) is 0 Å². The molecule has 20 heavy (non-hydrogen) atoms. The molecule has 1 N–H and O–H groups in total. The van der Waals surface area contributed by atoms with Crippen molar-refractivity contribution < 1.29 is 9.47 Å². The summed E-state index contributed by atoms with van der Waals surface area (Å²) in [5.41, 5.74) is 4.01. The van der Waals surface area contributed by atoms with Crippen molar-refractivity contribution in [2.75, 3.05) is 20.8 Å². The van der Waals surface area contributed by atoms with E-state index in [2.05, 4.69) is 35.8 Å². The van der Waals surface area contributed by atoms with E-state index < -0.39 is 0 Å². The fourth-order valence-electron chi connectivity index (χ4n) is 2.85. The van der Waals surface area contributed by atoms with Crippen molar-refractivity contribution in [2.45, 2.75) is 19.4 Å². The first-order chi connectivity index (χ1) is 9.74. The molecule has 0 aliphatic carbocycles. The second kappa shape index (κ2) is 5.46. The van der Waals surface area contributed by atoms with Crippen LogP contribution in [0.2, 0.25) is 0 Å². The van der Waals surface area contributed by atoms with Gasteiger partial charge in [0.1, 0.15) is 0 Å². The van der Waals surface area contributed by atoms with Crippen LogP contribution in [0.3, 0.4) is 0 Å². The van der Waals surface area contributed by atoms with Gasteiger partial charge in [0.05, 0.1) is 20.3 Å². The van der Waals surface area contributed by atoms with E-state index in [9.17, 15) is 0 Å². The van der Waals surface area contributed by atoms with Crippen molar-refractivity contribution in [3.63, 3.8) is 0 Å². The first-order valence-corrected chi connectivity index (χ1v) is 7.64. The summed E-state index contributed by atoms with van der Waals surface area (Å²) in [4.78, 5) is 1.37. The third-order valence-corrected chi connectivity index (χ3v) is 4.77. The van der Waals surface area contributed by atoms with Gasteiger partial charge in [-0.25, -0.2) is 0 Å². The molecular weight excluding hydrogens is 270 g/mol. The first kappa shape index (κ1) is 13.5. The Morgan fingerprint density at radius 3 is 2.55 bits per heavy atom. The van der Waals surface area contributed by atoms with Gasteiger partial charge >= 0.3 is 0 Å². The van der Waals surface area contributed by atoms with E-state index in [4.69, 9.17) is 9.47 Å². The second-order valence-corrected chi connectivity index (χ2v) is 6.10. The molecular formula is C16H19NO2S. The molecule has 1 aromatic carbocycles. The summed E-state index contributed by atoms with van der Waals surface area (Å²) in [6.07, 6.45) is 1.02. The van der Waals surface area contributed by atoms with Crippen molar-refractivity contribution in [3.8, 4) is 11.5 Å². The number of rotatable bonds is 3. The van der Waals surface area contributed by atoms with Gasteiger partial charge in [0.15, 0.2) is 11.5 Å². The first-order valence-electron chi connectivity index (χ1n) is 6.76. The number of ether oxygens (including phenoxy) is 2. The molecule has 2 aromatic rings. The Kier molecular flexibility index (Phi) is 3.68. The Bertz CT molecular complexity index is 621. The van der Waals surface area contributed by atoms with Gasteiger partial charge in [-0.2, -0.15) is 0 Å². The highest BCUT2D eigenvalue weighted by Gasteiger charge is 2.25. The molecule has 0 bridgehead atoms. The van der Waals surface area contributed by atoms with Crippen LogP contribution in [0.15, 0.2) is 23.6 Å². The van der Waals surface area contributed by atoms with Crippen LogP contribution in [0.4, 0.5) is 0 Å². The molecule has 3 nitrogen and oxygen atoms in total. The molecule has 106 valence electrons. The minimum Gasteiger partial charge on any atom is -0.493 e. The van der Waals surface area contributed by atoms with E-state index in [0.29, 0.717) is 0 Å². The quantitative estimate of drug-likeness (QED) is 0.940. The molecule has 0 fully saturated rings. The zero-order chi connectivity index (χ0) is 14.1. The number of hydrogen-bond donors (Lipinski definition) is 1. The molecule has 1 atom stereocenters. The van der Waals surface area contributed by atoms with Crippen molar-refractivity contribution >= 4 is 11.3 Å². The van der Waals surface area contributed by atoms with E-state index in [1.54, 1.807) is 25.6 Å². The lowest BCUT2D eigenvalue weighted by Crippen LogP contribution is -2.30. The van der Waals surface area contributed by atoms with E-state index >= 15 is 0 Å². The van der Waals surface area contributed by atoms with Gasteiger partial charge in [-0.1, -0.05) is 0 Å². The SMILES string of the molecule is COc1cc2c(cc1OC)[C@H](c1ccsc1C)NCC2. The van der Waals surface area contributed by atoms with Gasteiger partial charge in [0, 0.05) is 11.4 Å². The van der Waals surface area contributed by atoms with Crippen molar-refractivity contribution in [1.29, 1.82) is 0 Å². The van der Waals surface area contributed by atoms with Crippen LogP contribution in [-0.2, 0) is 6.42 Å². The number of hydrogen-bond acceptors (Lipinski definition) is 4. The van der Waals surface area contributed by atoms with Crippen LogP contribution in [0, 0.1) is 6.92 Å². The normalized spacial score (nSPS) is 17.6. The fourth-order valence-corrected chi connectivity index (χ4v) is 3.60. The molecule has 4 heteroatoms. The van der Waals surface area contributed by atoms with Crippen LogP contribution < -0.4 is 14.8 Å². The summed E-state index contributed by atoms with van der Waals surface area (Å²) in [5, 5.41) is 5.77. The fraction of sp³-hybridized carbons (Fsp3) is 0.375. The number of thiophene rings is 1. The Hall–Kier alpha value is -1.52. The topological polar surface area (TPSA) is 30.5 Å². The van der Waals surface area contributed by atoms with E-state index in [0.717, 1.165) is 24.5 Å². The summed E-state index contributed by atoms with van der Waals surface area (Å²) in [5.74, 6) is 1.61. The van der Waals surface area contributed by atoms with Crippen LogP contribution >= 0.6 is 11.3 Å². The predicted molar refractivity (Wildman–Crippen MR) is 82.2 cm³/mol. The molecule has 0 unspecified atom stereocenters. The summed E-state index contributed by atoms with van der Waals surface area (Å²) >= 11 is 1.79. The van der Waals surface area contributed by atoms with Crippen molar-refractivity contribution in [1.82, 2.24) is 5.32 Å². The zero-order valence-electron chi connectivity index (χ0n) is 12.0. The average molecular weight is 289 g/mol. The number of methoxy groups -OCH3 is 2. The highest BCUT2D eigenvalue weighted by molar-refractivity contribution is 7.10. The lowest BCUT2D eigenvalue weighted by molar-refractivity contribution is 0.353. The maximum absolute atomic E-state index is 5.45. The van der Waals surface area contributed by atoms with Crippen molar-refractivity contribution in [3.05, 3.63) is 45.1 Å². The summed E-state index contributed by atoms with van der Waals surface area (Å²) in [6.45, 7) is 3.17. The number of fused-ring (bicyclic) bond motifs is 1. The molecule has 0 radical (unpaired) electrons. The minimum absolute atomic E-state index is 0.254. The van der Waals surface area contributed by atoms with Crippen LogP contribution in [0.25, 0.3) is 0 Å². The average Bonchev–Trinajstić information content (AvgIpc) is 2.91. The molecule has 1 aliphatic rings. The van der Waals surface area contributed by atoms with Crippen molar-refractivity contribution in [2.24, 2.45) is 0 Å². The highest BCUT2D eigenvalue weighted by Crippen LogP contribution is 2.38. The maximum atomic E-state index is 5.45. The number of nitrogens with one attached hydrogen (secondary N) is 1. The monoisotopic (exact) mass is 289 g/mol. The number of benzene rings is 1. The number of aryl methyl sites for hydroxylation is 1. The summed E-state index contributed by atoms with van der Waals surface area (Å²) in [6, 6.07) is 6.69. The highest BCUT2D eigenvalue weighted by atomic mass is 32.1. The van der Waals surface area contributed by atoms with Crippen LogP contribution in [0.5, 0.6) is 11.5 Å². The Balaban J connectivity index is 2.10. The van der Waals surface area contributed by atoms with E-state index in [1.165, 1.54) is 21.6 Å². The Morgan fingerprint density at radius 1 is 1.15 bits per heavy atom. The van der Waals surface area contributed by atoms with E-state index in [-0.39, 0.29) is 6.04 Å². The molecule has 2 heterocycles. The molecule has 0 saturated carbocycles. The standard InChI is InChI=1S/C16H19NO2S/c1-10-12(5-7-20-10)16-13-9-15(19-3)14(18-2)8-11(13)4-6-17-16/h5,7-9,16-17H,4,6H2,1-3H3/t16-/m0/s1. The largest absolute Gasteiger partial charge is 0.493 e. The smallest absolute Gasteiger partial charge is 0.161 e. The summed E-state index contributed by atoms with van der Waals surface area (Å²) < 4.78 is 10.9. The molecule has 0 amide bonds. The van der Waals surface area contributed by atoms with Crippen LogP contribution in [-0.4, -0.2) is 20.8 Å².